The molecule has 8 amide bonds. The highest BCUT2D eigenvalue weighted by Crippen LogP contribution is 2.57. The average Bonchev–Trinajstić information content (AvgIpc) is 0.680. The third kappa shape index (κ3) is 10.4. The summed E-state index contributed by atoms with van der Waals surface area (Å²) >= 11 is 11.9. The molecule has 10 aromatic rings. The van der Waals surface area contributed by atoms with Gasteiger partial charge in [0.1, 0.15) is 10.8 Å². The zero-order valence-electron chi connectivity index (χ0n) is 57.4. The van der Waals surface area contributed by atoms with Gasteiger partial charge in [0.2, 0.25) is 0 Å². The number of benzene rings is 10. The minimum Gasteiger partial charge on any atom is -0.272 e. The Balaban J connectivity index is 0.000000183. The SMILES string of the molecule is CCCCC(C)N1C(=O)c2cc(N=C=S)c3c4c(N=C=S)cc5c6c(cc(SC#N)c(c7c(SC#N)cc(c2c37)C1=O)c64)C(=O)N(C(C)CCCC)C5=O.[C-]#[N+]c1cc2c3c(ccc4c5c(C#N)cc6c7c(ccc(c1c34)c75)C(=O)N(C(CC)CCCC)C6=O)C(=O)N(C(CC)CCCC)C2=O. The van der Waals surface area contributed by atoms with E-state index in [0.717, 1.165) is 74.9 Å². The van der Waals surface area contributed by atoms with Crippen molar-refractivity contribution < 1.29 is 38.4 Å². The van der Waals surface area contributed by atoms with Crippen LogP contribution in [0.5, 0.6) is 0 Å². The number of hydrogen-bond donors (Lipinski definition) is 0. The first-order chi connectivity index (χ1) is 49.4. The molecule has 0 bridgehead atoms. The van der Waals surface area contributed by atoms with Gasteiger partial charge < -0.3 is 0 Å². The normalized spacial score (nSPS) is 15.2. The molecule has 18 nitrogen and oxygen atoms in total. The minimum absolute atomic E-state index is 0.218. The van der Waals surface area contributed by atoms with Gasteiger partial charge in [-0.15, -0.1) is 0 Å². The highest BCUT2D eigenvalue weighted by molar-refractivity contribution is 8.04. The lowest BCUT2D eigenvalue weighted by Crippen LogP contribution is -2.47. The summed E-state index contributed by atoms with van der Waals surface area (Å²) in [5.41, 5.74) is 3.24. The number of imide groups is 4. The van der Waals surface area contributed by atoms with Gasteiger partial charge in [0, 0.05) is 121 Å². The lowest BCUT2D eigenvalue weighted by Gasteiger charge is -2.35. The number of carbonyl (C=O) groups is 8. The van der Waals surface area contributed by atoms with E-state index < -0.39 is 47.5 Å². The number of nitrogens with zero attached hydrogens (tertiary/aromatic N) is 10. The van der Waals surface area contributed by atoms with Crippen LogP contribution in [0.1, 0.15) is 234 Å². The molecular weight excluding hydrogens is 1360 g/mol. The van der Waals surface area contributed by atoms with E-state index in [1.54, 1.807) is 60.7 Å². The van der Waals surface area contributed by atoms with Crippen molar-refractivity contribution >= 4 is 209 Å². The van der Waals surface area contributed by atoms with Crippen molar-refractivity contribution in [3.05, 3.63) is 122 Å². The Hall–Kier alpha value is -10.4. The van der Waals surface area contributed by atoms with Crippen molar-refractivity contribution in [3.63, 3.8) is 0 Å². The maximum atomic E-state index is 14.4. The zero-order valence-corrected chi connectivity index (χ0v) is 60.6. The van der Waals surface area contributed by atoms with Gasteiger partial charge in [0.25, 0.3) is 47.3 Å². The van der Waals surface area contributed by atoms with E-state index in [1.807, 2.05) is 41.5 Å². The van der Waals surface area contributed by atoms with Crippen LogP contribution >= 0.6 is 48.0 Å². The van der Waals surface area contributed by atoms with Crippen LogP contribution in [0.15, 0.2) is 80.4 Å². The van der Waals surface area contributed by atoms with Crippen LogP contribution in [0.25, 0.3) is 91.0 Å². The third-order valence-corrected chi connectivity index (χ3v) is 22.5. The molecule has 0 radical (unpaired) electrons. The number of hydrogen-bond acceptors (Lipinski definition) is 17. The van der Waals surface area contributed by atoms with E-state index in [-0.39, 0.29) is 68.8 Å². The largest absolute Gasteiger partial charge is 0.272 e. The molecule has 4 aliphatic rings. The van der Waals surface area contributed by atoms with E-state index in [9.17, 15) is 54.1 Å². The second kappa shape index (κ2) is 27.9. The van der Waals surface area contributed by atoms with Crippen LogP contribution in [0.2, 0.25) is 0 Å². The predicted molar refractivity (Wildman–Crippen MR) is 406 cm³/mol. The number of nitriles is 3. The molecule has 102 heavy (non-hydrogen) atoms. The predicted octanol–water partition coefficient (Wildman–Crippen LogP) is 20.0. The summed E-state index contributed by atoms with van der Waals surface area (Å²) in [5, 5.41) is 47.8. The summed E-state index contributed by atoms with van der Waals surface area (Å²) in [6, 6.07) is 17.6. The molecule has 0 fully saturated rings. The Morgan fingerprint density at radius 1 is 0.422 bits per heavy atom. The van der Waals surface area contributed by atoms with Crippen molar-refractivity contribution in [2.75, 3.05) is 0 Å². The van der Waals surface area contributed by atoms with E-state index >= 15 is 0 Å². The molecule has 508 valence electrons. The second-order valence-electron chi connectivity index (χ2n) is 26.5. The molecule has 4 unspecified atom stereocenters. The molecule has 0 saturated carbocycles. The highest BCUT2D eigenvalue weighted by atomic mass is 32.2. The number of amides is 8. The number of thiocarbonyl (C=S) groups is 2. The van der Waals surface area contributed by atoms with Crippen LogP contribution in [-0.2, 0) is 0 Å². The van der Waals surface area contributed by atoms with Crippen LogP contribution in [0.4, 0.5) is 17.1 Å². The Bertz CT molecular complexity index is 5400. The highest BCUT2D eigenvalue weighted by Gasteiger charge is 2.45. The fraction of sp³-hybridized carbons (Fsp3) is 0.325. The Morgan fingerprint density at radius 3 is 1.16 bits per heavy atom. The summed E-state index contributed by atoms with van der Waals surface area (Å²) in [6.07, 6.45) is 10.9. The molecule has 0 aliphatic carbocycles. The van der Waals surface area contributed by atoms with Gasteiger partial charge in [0.05, 0.1) is 56.6 Å². The quantitative estimate of drug-likeness (QED) is 0.00894. The Morgan fingerprint density at radius 2 is 0.775 bits per heavy atom. The van der Waals surface area contributed by atoms with Crippen molar-refractivity contribution in [2.45, 2.75) is 179 Å². The van der Waals surface area contributed by atoms with Crippen molar-refractivity contribution in [1.82, 2.24) is 19.6 Å². The number of isothiocyanates is 2. The van der Waals surface area contributed by atoms with Gasteiger partial charge in [-0.25, -0.2) is 4.85 Å². The topological polar surface area (TPSA) is 250 Å². The zero-order chi connectivity index (χ0) is 72.6. The number of thiocyanates is 2. The maximum absolute atomic E-state index is 14.4. The van der Waals surface area contributed by atoms with Crippen LogP contribution in [-0.4, -0.2) is 101 Å². The van der Waals surface area contributed by atoms with Gasteiger partial charge in [0.15, 0.2) is 5.69 Å². The van der Waals surface area contributed by atoms with Gasteiger partial charge in [-0.2, -0.15) is 25.8 Å². The number of unbranched alkanes of at least 4 members (excludes halogenated alkanes) is 4. The van der Waals surface area contributed by atoms with Crippen LogP contribution < -0.4 is 0 Å². The molecule has 0 saturated heterocycles. The smallest absolute Gasteiger partial charge is 0.261 e. The lowest BCUT2D eigenvalue weighted by molar-refractivity contribution is 0.0508. The van der Waals surface area contributed by atoms with Crippen molar-refractivity contribution in [2.24, 2.45) is 9.98 Å². The number of aliphatic imine (C=N–C) groups is 2. The molecule has 0 N–H and O–H groups in total. The number of thioether (sulfide) groups is 2. The molecular formula is C80H66N10O8S4. The third-order valence-electron chi connectivity index (χ3n) is 21.0. The maximum Gasteiger partial charge on any atom is 0.261 e. The van der Waals surface area contributed by atoms with E-state index in [0.29, 0.717) is 157 Å². The average molecular weight is 1420 g/mol. The van der Waals surface area contributed by atoms with E-state index in [1.165, 1.54) is 19.6 Å². The molecule has 0 aromatic heterocycles. The molecule has 4 aliphatic heterocycles. The standard InChI is InChI=1S/C40H30N6O4S4.C40H36N4O4/c1-5-7-9-19(3)45-37(47)21-11-25(43-17-51)31-32-26(44-18-52)12-22-30-24(40(50)46(38(22)48)20(4)10-8-6-2)14-28(54-16-42)34(36(30)32)33-27(53-15-41)13-23(39(45)49)29(21)35(31)33;1-6-10-12-22(8-3)43-37(45)26-17-15-25-34-30(42-5)19-29-33-27(38(46)44(40(29)48)23(9-4)13-11-7-2)16-14-24(36(33)34)31-21(20-41)18-28(39(43)47)32(26)35(25)31/h11-14,19-20H,5-10H2,1-4H3;14-19,22-23H,6-13H2,1-4H3. The fourth-order valence-corrected chi connectivity index (χ4v) is 17.8. The first kappa shape index (κ1) is 70.1. The Kier molecular flexibility index (Phi) is 19.1. The monoisotopic (exact) mass is 1420 g/mol. The molecule has 10 aromatic carbocycles. The fourth-order valence-electron chi connectivity index (χ4n) is 16.4. The van der Waals surface area contributed by atoms with Crippen molar-refractivity contribution in [1.29, 1.82) is 15.8 Å². The van der Waals surface area contributed by atoms with Crippen LogP contribution in [0, 0.1) is 39.2 Å². The van der Waals surface area contributed by atoms with Crippen LogP contribution in [0.3, 0.4) is 0 Å². The van der Waals surface area contributed by atoms with E-state index in [2.05, 4.69) is 55.9 Å². The summed E-state index contributed by atoms with van der Waals surface area (Å²) in [4.78, 5) is 133. The Labute approximate surface area is 606 Å². The first-order valence-corrected chi connectivity index (χ1v) is 37.0. The summed E-state index contributed by atoms with van der Waals surface area (Å²) in [6.45, 7) is 24.1. The lowest BCUT2D eigenvalue weighted by atomic mass is 9.80. The summed E-state index contributed by atoms with van der Waals surface area (Å²) < 4.78 is 0. The van der Waals surface area contributed by atoms with E-state index in [4.69, 9.17) is 31.0 Å². The first-order valence-electron chi connectivity index (χ1n) is 34.6. The van der Waals surface area contributed by atoms with Crippen molar-refractivity contribution in [3.8, 4) is 16.9 Å². The van der Waals surface area contributed by atoms with Gasteiger partial charge in [-0.05, 0) is 176 Å². The molecule has 14 rings (SSSR count). The number of carbonyl (C=O) groups excluding carboxylic acids is 8. The minimum atomic E-state index is -0.497. The van der Waals surface area contributed by atoms with Gasteiger partial charge in [-0.3, -0.25) is 58.0 Å². The molecule has 4 heterocycles. The number of rotatable bonds is 22. The van der Waals surface area contributed by atoms with Gasteiger partial charge >= 0.3 is 0 Å². The summed E-state index contributed by atoms with van der Waals surface area (Å²) in [5.74, 6) is -3.52. The molecule has 0 spiro atoms. The second-order valence-corrected chi connectivity index (χ2v) is 28.6. The number of fused-ring (bicyclic) bond motifs is 4. The summed E-state index contributed by atoms with van der Waals surface area (Å²) in [7, 11) is 0. The molecule has 4 atom stereocenters. The van der Waals surface area contributed by atoms with Gasteiger partial charge in [-0.1, -0.05) is 105 Å². The molecule has 22 heteroatoms.